The van der Waals surface area contributed by atoms with Crippen LogP contribution in [0.1, 0.15) is 126 Å². The molecule has 43 heavy (non-hydrogen) atoms. The number of esters is 1. The van der Waals surface area contributed by atoms with E-state index in [9.17, 15) is 19.5 Å². The number of aliphatic carboxylic acids is 1. The molecule has 2 N–H and O–H groups in total. The predicted octanol–water partition coefficient (Wildman–Crippen LogP) is 8.17. The van der Waals surface area contributed by atoms with Gasteiger partial charge in [0.15, 0.2) is 0 Å². The van der Waals surface area contributed by atoms with Gasteiger partial charge in [-0.2, -0.15) is 0 Å². The van der Waals surface area contributed by atoms with Crippen molar-refractivity contribution in [2.24, 2.45) is 51.2 Å². The molecule has 0 aromatic carbocycles. The molecule has 9 atom stereocenters. The first-order chi connectivity index (χ1) is 20.0. The molecule has 0 aromatic rings. The molecular formula is C36H59NO6. The fourth-order valence-corrected chi connectivity index (χ4v) is 11.5. The first-order valence-electron chi connectivity index (χ1n) is 16.9. The molecule has 0 aromatic heterocycles. The lowest BCUT2D eigenvalue weighted by Gasteiger charge is -2.69. The van der Waals surface area contributed by atoms with E-state index >= 15 is 0 Å². The van der Waals surface area contributed by atoms with Gasteiger partial charge in [-0.1, -0.05) is 40.2 Å². The molecule has 5 fully saturated rings. The van der Waals surface area contributed by atoms with Crippen LogP contribution < -0.4 is 5.32 Å². The Kier molecular flexibility index (Phi) is 9.47. The Labute approximate surface area is 260 Å². The van der Waals surface area contributed by atoms with E-state index < -0.39 is 17.4 Å². The minimum Gasteiger partial charge on any atom is -0.481 e. The van der Waals surface area contributed by atoms with Crippen LogP contribution in [0.5, 0.6) is 0 Å². The molecule has 0 spiro atoms. The van der Waals surface area contributed by atoms with Crippen LogP contribution in [0, 0.1) is 51.2 Å². The van der Waals surface area contributed by atoms with Crippen molar-refractivity contribution in [3.05, 3.63) is 12.7 Å². The number of amides is 1. The number of fused-ring (bicyclic) bond motifs is 7. The first kappa shape index (κ1) is 33.8. The summed E-state index contributed by atoms with van der Waals surface area (Å²) in [4.78, 5) is 36.8. The van der Waals surface area contributed by atoms with Crippen LogP contribution in [0.2, 0.25) is 0 Å². The van der Waals surface area contributed by atoms with Crippen LogP contribution in [0.3, 0.4) is 0 Å². The van der Waals surface area contributed by atoms with Gasteiger partial charge in [0, 0.05) is 11.0 Å². The van der Waals surface area contributed by atoms with E-state index in [1.807, 2.05) is 6.92 Å². The summed E-state index contributed by atoms with van der Waals surface area (Å²) in [7, 11) is 1.47. The van der Waals surface area contributed by atoms with Gasteiger partial charge in [-0.05, 0) is 125 Å². The van der Waals surface area contributed by atoms with Gasteiger partial charge >= 0.3 is 18.0 Å². The largest absolute Gasteiger partial charge is 0.481 e. The highest BCUT2D eigenvalue weighted by molar-refractivity contribution is 5.81. The van der Waals surface area contributed by atoms with Gasteiger partial charge in [0.2, 0.25) is 0 Å². The second kappa shape index (κ2) is 12.0. The van der Waals surface area contributed by atoms with Crippen molar-refractivity contribution in [1.29, 1.82) is 0 Å². The summed E-state index contributed by atoms with van der Waals surface area (Å²) in [6, 6.07) is 0. The fourth-order valence-electron chi connectivity index (χ4n) is 11.5. The van der Waals surface area contributed by atoms with E-state index in [1.165, 1.54) is 45.6 Å². The zero-order chi connectivity index (χ0) is 32.0. The average Bonchev–Trinajstić information content (AvgIpc) is 3.34. The summed E-state index contributed by atoms with van der Waals surface area (Å²) in [5.74, 6) is 1.65. The van der Waals surface area contributed by atoms with E-state index in [0.717, 1.165) is 32.1 Å². The van der Waals surface area contributed by atoms with Crippen molar-refractivity contribution >= 4 is 18.0 Å². The van der Waals surface area contributed by atoms with Crippen molar-refractivity contribution in [3.8, 4) is 0 Å². The van der Waals surface area contributed by atoms with Crippen molar-refractivity contribution in [1.82, 2.24) is 5.32 Å². The van der Waals surface area contributed by atoms with Crippen LogP contribution in [0.25, 0.3) is 0 Å². The summed E-state index contributed by atoms with van der Waals surface area (Å²) in [6.07, 6.45) is 13.6. The van der Waals surface area contributed by atoms with Gasteiger partial charge in [0.05, 0.1) is 18.9 Å². The van der Waals surface area contributed by atoms with E-state index in [1.54, 1.807) is 19.9 Å². The standard InChI is InChI=1S/C33H53NO6.C3H6/c1-29(2,27(36)37)19-26(35)40-25-14-17-32(6)23(30(25,3)4)13-16-31(5)21-12-18-33(34-28(38)39-7)15-8-9-22(33)20(21)10-11-24(31)32;1-3-2/h20-25H,8-19H2,1-7H3,(H,34,38)(H,36,37);3H,1H2,2H3. The molecule has 0 radical (unpaired) electrons. The van der Waals surface area contributed by atoms with E-state index in [-0.39, 0.29) is 35.0 Å². The summed E-state index contributed by atoms with van der Waals surface area (Å²) in [5.41, 5.74) is -0.888. The van der Waals surface area contributed by atoms with Crippen molar-refractivity contribution in [2.45, 2.75) is 137 Å². The summed E-state index contributed by atoms with van der Waals surface area (Å²) < 4.78 is 11.1. The van der Waals surface area contributed by atoms with Crippen LogP contribution in [-0.2, 0) is 19.1 Å². The second-order valence-corrected chi connectivity index (χ2v) is 16.4. The van der Waals surface area contributed by atoms with E-state index in [2.05, 4.69) is 39.6 Å². The lowest BCUT2D eigenvalue weighted by Crippen LogP contribution is -2.65. The maximum Gasteiger partial charge on any atom is 0.407 e. The van der Waals surface area contributed by atoms with Crippen LogP contribution in [-0.4, -0.2) is 41.9 Å². The number of hydrogen-bond acceptors (Lipinski definition) is 5. The Hall–Kier alpha value is -2.05. The topological polar surface area (TPSA) is 102 Å². The summed E-state index contributed by atoms with van der Waals surface area (Å²) in [6.45, 7) is 18.1. The molecule has 7 nitrogen and oxygen atoms in total. The smallest absolute Gasteiger partial charge is 0.407 e. The molecule has 0 saturated heterocycles. The molecular weight excluding hydrogens is 542 g/mol. The first-order valence-corrected chi connectivity index (χ1v) is 16.9. The number of carbonyl (C=O) groups excluding carboxylic acids is 2. The molecule has 1 amide bonds. The highest BCUT2D eigenvalue weighted by Gasteiger charge is 2.66. The molecule has 9 unspecified atom stereocenters. The van der Waals surface area contributed by atoms with Gasteiger partial charge < -0.3 is 19.9 Å². The lowest BCUT2D eigenvalue weighted by molar-refractivity contribution is -0.220. The Balaban J connectivity index is 0.00000135. The Bertz CT molecular complexity index is 1080. The van der Waals surface area contributed by atoms with E-state index in [0.29, 0.717) is 35.0 Å². The highest BCUT2D eigenvalue weighted by atomic mass is 16.5. The molecule has 244 valence electrons. The minimum absolute atomic E-state index is 0.0856. The Morgan fingerprint density at radius 1 is 0.907 bits per heavy atom. The molecule has 5 aliphatic rings. The SMILES string of the molecule is C=CC.COC(=O)NC12CCCC1C1CCC3C(C)(CCC4C(C)(C)C(OC(=O)CC(C)(C)C(=O)O)CCC43C)C1CC2. The molecule has 5 aliphatic carbocycles. The molecule has 0 bridgehead atoms. The predicted molar refractivity (Wildman–Crippen MR) is 168 cm³/mol. The normalized spacial score (nSPS) is 41.0. The highest BCUT2D eigenvalue weighted by Crippen LogP contribution is 2.72. The maximum absolute atomic E-state index is 12.9. The van der Waals surface area contributed by atoms with Gasteiger partial charge in [0.25, 0.3) is 0 Å². The molecule has 5 saturated carbocycles. The van der Waals surface area contributed by atoms with Gasteiger partial charge in [-0.25, -0.2) is 4.79 Å². The molecule has 0 aliphatic heterocycles. The number of nitrogens with one attached hydrogen (secondary N) is 1. The third-order valence-electron chi connectivity index (χ3n) is 13.4. The van der Waals surface area contributed by atoms with Gasteiger partial charge in [-0.15, -0.1) is 6.58 Å². The number of methoxy groups -OCH3 is 1. The lowest BCUT2D eigenvalue weighted by atomic mass is 9.36. The summed E-state index contributed by atoms with van der Waals surface area (Å²) >= 11 is 0. The number of carbonyl (C=O) groups is 3. The second-order valence-electron chi connectivity index (χ2n) is 16.4. The van der Waals surface area contributed by atoms with Crippen LogP contribution in [0.15, 0.2) is 12.7 Å². The van der Waals surface area contributed by atoms with Gasteiger partial charge in [-0.3, -0.25) is 9.59 Å². The number of carboxylic acid groups (broad SMARTS) is 1. The van der Waals surface area contributed by atoms with Crippen molar-refractivity contribution in [2.75, 3.05) is 7.11 Å². The Morgan fingerprint density at radius 3 is 2.19 bits per heavy atom. The molecule has 5 rings (SSSR count). The third kappa shape index (κ3) is 5.76. The monoisotopic (exact) mass is 601 g/mol. The van der Waals surface area contributed by atoms with Crippen LogP contribution in [0.4, 0.5) is 4.79 Å². The third-order valence-corrected chi connectivity index (χ3v) is 13.4. The number of ether oxygens (including phenoxy) is 2. The van der Waals surface area contributed by atoms with Gasteiger partial charge in [0.1, 0.15) is 6.10 Å². The average molecular weight is 602 g/mol. The Morgan fingerprint density at radius 2 is 1.56 bits per heavy atom. The maximum atomic E-state index is 12.9. The fraction of sp³-hybridized carbons (Fsp3) is 0.861. The molecule has 0 heterocycles. The number of allylic oxidation sites excluding steroid dienone is 1. The number of hydrogen-bond donors (Lipinski definition) is 2. The number of rotatable bonds is 5. The summed E-state index contributed by atoms with van der Waals surface area (Å²) in [5, 5.41) is 12.8. The van der Waals surface area contributed by atoms with Crippen LogP contribution >= 0.6 is 0 Å². The van der Waals surface area contributed by atoms with Crippen molar-refractivity contribution in [3.63, 3.8) is 0 Å². The molecule has 7 heteroatoms. The van der Waals surface area contributed by atoms with Crippen molar-refractivity contribution < 1.29 is 29.0 Å². The zero-order valence-corrected chi connectivity index (χ0v) is 28.2. The number of carboxylic acids is 1. The minimum atomic E-state index is -1.13. The quantitative estimate of drug-likeness (QED) is 0.243. The van der Waals surface area contributed by atoms with E-state index in [4.69, 9.17) is 9.47 Å². The number of alkyl carbamates (subject to hydrolysis) is 1. The zero-order valence-electron chi connectivity index (χ0n) is 28.2.